The van der Waals surface area contributed by atoms with E-state index in [-0.39, 0.29) is 24.8 Å². The molecule has 0 spiro atoms. The van der Waals surface area contributed by atoms with Crippen LogP contribution in [0.1, 0.15) is 36.2 Å². The molecule has 0 heterocycles. The molecule has 0 saturated heterocycles. The van der Waals surface area contributed by atoms with Gasteiger partial charge in [0.15, 0.2) is 0 Å². The summed E-state index contributed by atoms with van der Waals surface area (Å²) in [5, 5.41) is 5.98. The number of carbonyl (C=O) groups excluding carboxylic acids is 2. The summed E-state index contributed by atoms with van der Waals surface area (Å²) in [7, 11) is 0. The van der Waals surface area contributed by atoms with Crippen LogP contribution >= 0.6 is 11.6 Å². The van der Waals surface area contributed by atoms with E-state index in [0.29, 0.717) is 34.5 Å². The van der Waals surface area contributed by atoms with Crippen LogP contribution in [0.2, 0.25) is 5.02 Å². The Kier molecular flexibility index (Phi) is 7.67. The van der Waals surface area contributed by atoms with Gasteiger partial charge in [0.05, 0.1) is 17.3 Å². The van der Waals surface area contributed by atoms with Crippen LogP contribution in [0.25, 0.3) is 0 Å². The van der Waals surface area contributed by atoms with E-state index in [4.69, 9.17) is 16.3 Å². The Morgan fingerprint density at radius 1 is 1.15 bits per heavy atom. The molecule has 0 aliphatic heterocycles. The average molecular weight is 389 g/mol. The largest absolute Gasteiger partial charge is 0.493 e. The number of ether oxygens (including phenoxy) is 1. The number of hydrogen-bond donors (Lipinski definition) is 2. The first kappa shape index (κ1) is 20.8. The number of hydrogen-bond acceptors (Lipinski definition) is 3. The molecule has 0 unspecified atom stereocenters. The third-order valence-corrected chi connectivity index (χ3v) is 4.03. The molecule has 0 aliphatic rings. The second-order valence-electron chi connectivity index (χ2n) is 6.77. The first-order chi connectivity index (χ1) is 12.8. The van der Waals surface area contributed by atoms with Gasteiger partial charge in [-0.25, -0.2) is 0 Å². The first-order valence-electron chi connectivity index (χ1n) is 8.92. The summed E-state index contributed by atoms with van der Waals surface area (Å²) >= 11 is 6.10. The zero-order valence-electron chi connectivity index (χ0n) is 15.8. The van der Waals surface area contributed by atoms with Gasteiger partial charge in [-0.1, -0.05) is 37.6 Å². The molecule has 0 radical (unpaired) electrons. The highest BCUT2D eigenvalue weighted by atomic mass is 35.5. The summed E-state index contributed by atoms with van der Waals surface area (Å²) in [4.78, 5) is 24.3. The van der Waals surface area contributed by atoms with E-state index in [1.54, 1.807) is 30.3 Å². The maximum Gasteiger partial charge on any atom is 0.251 e. The number of nitrogens with one attached hydrogen (secondary N) is 2. The molecular formula is C21H25ClN2O3. The van der Waals surface area contributed by atoms with E-state index in [1.165, 1.54) is 0 Å². The molecule has 0 aromatic heterocycles. The molecule has 2 aromatic carbocycles. The van der Waals surface area contributed by atoms with Crippen molar-refractivity contribution in [2.24, 2.45) is 5.92 Å². The number of rotatable bonds is 8. The van der Waals surface area contributed by atoms with Crippen molar-refractivity contribution in [2.75, 3.05) is 18.5 Å². The van der Waals surface area contributed by atoms with Gasteiger partial charge in [-0.3, -0.25) is 9.59 Å². The number of aryl methyl sites for hydroxylation is 1. The number of amides is 2. The van der Waals surface area contributed by atoms with Gasteiger partial charge in [0.25, 0.3) is 5.91 Å². The van der Waals surface area contributed by atoms with Crippen molar-refractivity contribution in [1.29, 1.82) is 0 Å². The monoisotopic (exact) mass is 388 g/mol. The molecule has 2 amide bonds. The molecule has 144 valence electrons. The zero-order valence-corrected chi connectivity index (χ0v) is 16.6. The third-order valence-electron chi connectivity index (χ3n) is 3.72. The molecule has 0 atom stereocenters. The minimum atomic E-state index is -0.244. The lowest BCUT2D eigenvalue weighted by atomic mass is 10.2. The summed E-state index contributed by atoms with van der Waals surface area (Å²) in [6, 6.07) is 12.4. The van der Waals surface area contributed by atoms with Gasteiger partial charge in [0.2, 0.25) is 5.91 Å². The molecule has 2 aromatic rings. The molecule has 0 fully saturated rings. The Labute approximate surface area is 165 Å². The smallest absolute Gasteiger partial charge is 0.251 e. The number of halogens is 1. The van der Waals surface area contributed by atoms with Crippen molar-refractivity contribution < 1.29 is 14.3 Å². The molecule has 0 bridgehead atoms. The number of carbonyl (C=O) groups is 2. The Bertz CT molecular complexity index is 806. The summed E-state index contributed by atoms with van der Waals surface area (Å²) in [5.41, 5.74) is 2.08. The fraction of sp³-hybridized carbons (Fsp3) is 0.333. The summed E-state index contributed by atoms with van der Waals surface area (Å²) in [6.07, 6.45) is 0.152. The molecule has 27 heavy (non-hydrogen) atoms. The van der Waals surface area contributed by atoms with Crippen molar-refractivity contribution in [2.45, 2.75) is 27.2 Å². The van der Waals surface area contributed by atoms with Gasteiger partial charge in [-0.2, -0.15) is 0 Å². The maximum absolute atomic E-state index is 12.2. The van der Waals surface area contributed by atoms with Crippen LogP contribution in [-0.2, 0) is 4.79 Å². The highest BCUT2D eigenvalue weighted by molar-refractivity contribution is 6.33. The Hall–Kier alpha value is -2.53. The van der Waals surface area contributed by atoms with Gasteiger partial charge in [0, 0.05) is 18.5 Å². The first-order valence-corrected chi connectivity index (χ1v) is 9.30. The van der Waals surface area contributed by atoms with Gasteiger partial charge in [-0.05, 0) is 48.7 Å². The molecule has 2 rings (SSSR count). The zero-order chi connectivity index (χ0) is 19.8. The average Bonchev–Trinajstić information content (AvgIpc) is 2.62. The molecular weight excluding hydrogens is 364 g/mol. The fourth-order valence-corrected chi connectivity index (χ4v) is 2.60. The SMILES string of the molecule is Cc1ccc(NC(=O)CCNC(=O)c2cccc(OCC(C)C)c2)c(Cl)c1. The van der Waals surface area contributed by atoms with Crippen LogP contribution in [0.4, 0.5) is 5.69 Å². The van der Waals surface area contributed by atoms with E-state index in [1.807, 2.05) is 19.1 Å². The van der Waals surface area contributed by atoms with E-state index in [0.717, 1.165) is 5.56 Å². The topological polar surface area (TPSA) is 67.4 Å². The van der Waals surface area contributed by atoms with Crippen LogP contribution < -0.4 is 15.4 Å². The minimum Gasteiger partial charge on any atom is -0.493 e. The lowest BCUT2D eigenvalue weighted by Crippen LogP contribution is -2.27. The molecule has 6 heteroatoms. The minimum absolute atomic E-state index is 0.152. The van der Waals surface area contributed by atoms with E-state index in [2.05, 4.69) is 24.5 Å². The summed E-state index contributed by atoms with van der Waals surface area (Å²) in [5.74, 6) is 0.604. The molecule has 0 aliphatic carbocycles. The van der Waals surface area contributed by atoms with E-state index in [9.17, 15) is 9.59 Å². The van der Waals surface area contributed by atoms with Crippen LogP contribution in [0.3, 0.4) is 0 Å². The Balaban J connectivity index is 1.81. The van der Waals surface area contributed by atoms with Crippen molar-refractivity contribution in [3.05, 3.63) is 58.6 Å². The predicted molar refractivity (Wildman–Crippen MR) is 109 cm³/mol. The van der Waals surface area contributed by atoms with Crippen molar-refractivity contribution in [1.82, 2.24) is 5.32 Å². The van der Waals surface area contributed by atoms with Crippen LogP contribution in [0.15, 0.2) is 42.5 Å². The van der Waals surface area contributed by atoms with Crippen molar-refractivity contribution in [3.63, 3.8) is 0 Å². The van der Waals surface area contributed by atoms with Gasteiger partial charge in [0.1, 0.15) is 5.75 Å². The maximum atomic E-state index is 12.2. The fourth-order valence-electron chi connectivity index (χ4n) is 2.32. The summed E-state index contributed by atoms with van der Waals surface area (Å²) in [6.45, 7) is 6.87. The normalized spacial score (nSPS) is 10.6. The standard InChI is InChI=1S/C21H25ClN2O3/c1-14(2)13-27-17-6-4-5-16(12-17)21(26)23-10-9-20(25)24-19-8-7-15(3)11-18(19)22/h4-8,11-12,14H,9-10,13H2,1-3H3,(H,23,26)(H,24,25). The van der Waals surface area contributed by atoms with Gasteiger partial charge >= 0.3 is 0 Å². The third kappa shape index (κ3) is 6.94. The van der Waals surface area contributed by atoms with Crippen molar-refractivity contribution >= 4 is 29.1 Å². The molecule has 2 N–H and O–H groups in total. The number of benzene rings is 2. The highest BCUT2D eigenvalue weighted by Crippen LogP contribution is 2.22. The second kappa shape index (κ2) is 9.97. The predicted octanol–water partition coefficient (Wildman–Crippen LogP) is 4.44. The van der Waals surface area contributed by atoms with Gasteiger partial charge in [-0.15, -0.1) is 0 Å². The lowest BCUT2D eigenvalue weighted by Gasteiger charge is -2.11. The van der Waals surface area contributed by atoms with Crippen LogP contribution in [0.5, 0.6) is 5.75 Å². The highest BCUT2D eigenvalue weighted by Gasteiger charge is 2.09. The summed E-state index contributed by atoms with van der Waals surface area (Å²) < 4.78 is 5.63. The Morgan fingerprint density at radius 2 is 1.93 bits per heavy atom. The van der Waals surface area contributed by atoms with Crippen LogP contribution in [0, 0.1) is 12.8 Å². The lowest BCUT2D eigenvalue weighted by molar-refractivity contribution is -0.116. The Morgan fingerprint density at radius 3 is 2.63 bits per heavy atom. The molecule has 5 nitrogen and oxygen atoms in total. The number of anilines is 1. The van der Waals surface area contributed by atoms with Crippen molar-refractivity contribution in [3.8, 4) is 5.75 Å². The van der Waals surface area contributed by atoms with Crippen LogP contribution in [-0.4, -0.2) is 25.0 Å². The second-order valence-corrected chi connectivity index (χ2v) is 7.18. The van der Waals surface area contributed by atoms with E-state index < -0.39 is 0 Å². The van der Waals surface area contributed by atoms with Gasteiger partial charge < -0.3 is 15.4 Å². The molecule has 0 saturated carbocycles. The quantitative estimate of drug-likeness (QED) is 0.702. The van der Waals surface area contributed by atoms with E-state index >= 15 is 0 Å².